The minimum absolute atomic E-state index is 0.0607. The van der Waals surface area contributed by atoms with Crippen LogP contribution in [0.5, 0.6) is 0 Å². The van der Waals surface area contributed by atoms with E-state index in [-0.39, 0.29) is 52.2 Å². The van der Waals surface area contributed by atoms with E-state index in [2.05, 4.69) is 79.4 Å². The molecule has 0 aromatic heterocycles. The SMILES string of the molecule is CCCON1CCC(OC(=O)C(CCCCCCCC(=O)O)C2CCN(OCCC)C(C)(C)C2(C)C)C(C)(C)C1(C)C. The lowest BCUT2D eigenvalue weighted by atomic mass is 9.58. The highest BCUT2D eigenvalue weighted by molar-refractivity contribution is 5.73. The number of carboxylic acids is 1. The van der Waals surface area contributed by atoms with Crippen molar-refractivity contribution in [3.8, 4) is 0 Å². The fourth-order valence-electron chi connectivity index (χ4n) is 6.91. The van der Waals surface area contributed by atoms with Gasteiger partial charge in [0.25, 0.3) is 0 Å². The van der Waals surface area contributed by atoms with Gasteiger partial charge < -0.3 is 9.84 Å². The highest BCUT2D eigenvalue weighted by Gasteiger charge is 2.56. The Kier molecular flexibility index (Phi) is 13.8. The molecule has 2 rings (SSSR count). The number of nitrogens with zero attached hydrogens (tertiary/aromatic N) is 2. The Labute approximate surface area is 257 Å². The minimum atomic E-state index is -0.731. The van der Waals surface area contributed by atoms with E-state index in [0.717, 1.165) is 70.9 Å². The Bertz CT molecular complexity index is 855. The van der Waals surface area contributed by atoms with Crippen molar-refractivity contribution in [1.82, 2.24) is 10.1 Å². The predicted octanol–water partition coefficient (Wildman–Crippen LogP) is 7.65. The van der Waals surface area contributed by atoms with Crippen LogP contribution in [0, 0.1) is 22.7 Å². The fourth-order valence-corrected chi connectivity index (χ4v) is 6.91. The van der Waals surface area contributed by atoms with Gasteiger partial charge in [-0.3, -0.25) is 19.3 Å². The van der Waals surface area contributed by atoms with Gasteiger partial charge in [0.15, 0.2) is 0 Å². The lowest BCUT2D eigenvalue weighted by Crippen LogP contribution is -2.64. The topological polar surface area (TPSA) is 88.5 Å². The van der Waals surface area contributed by atoms with Crippen molar-refractivity contribution in [2.75, 3.05) is 26.3 Å². The first-order valence-electron chi connectivity index (χ1n) is 16.8. The fraction of sp³-hybridized carbons (Fsp3) is 0.941. The van der Waals surface area contributed by atoms with Crippen LogP contribution >= 0.6 is 0 Å². The number of carbonyl (C=O) groups is 2. The Hall–Kier alpha value is -1.22. The minimum Gasteiger partial charge on any atom is -0.481 e. The number of esters is 1. The van der Waals surface area contributed by atoms with Crippen LogP contribution in [0.3, 0.4) is 0 Å². The van der Waals surface area contributed by atoms with Crippen LogP contribution < -0.4 is 0 Å². The second-order valence-electron chi connectivity index (χ2n) is 14.8. The van der Waals surface area contributed by atoms with Crippen molar-refractivity contribution in [2.24, 2.45) is 22.7 Å². The molecule has 2 fully saturated rings. The molecule has 0 bridgehead atoms. The number of hydroxylamine groups is 4. The van der Waals surface area contributed by atoms with E-state index in [1.54, 1.807) is 0 Å². The van der Waals surface area contributed by atoms with Crippen molar-refractivity contribution in [3.05, 3.63) is 0 Å². The molecule has 2 saturated heterocycles. The van der Waals surface area contributed by atoms with Gasteiger partial charge in [0.05, 0.1) is 19.1 Å². The second kappa shape index (κ2) is 15.7. The molecule has 0 aromatic carbocycles. The number of rotatable bonds is 17. The van der Waals surface area contributed by atoms with Crippen molar-refractivity contribution >= 4 is 11.9 Å². The average molecular weight is 597 g/mol. The highest BCUT2D eigenvalue weighted by atomic mass is 16.7. The van der Waals surface area contributed by atoms with Crippen LogP contribution in [0.25, 0.3) is 0 Å². The Morgan fingerprint density at radius 3 is 1.81 bits per heavy atom. The van der Waals surface area contributed by atoms with Crippen molar-refractivity contribution in [1.29, 1.82) is 0 Å². The third-order valence-electron chi connectivity index (χ3n) is 11.2. The van der Waals surface area contributed by atoms with Gasteiger partial charge in [0.2, 0.25) is 0 Å². The van der Waals surface area contributed by atoms with E-state index in [1.807, 2.05) is 0 Å². The molecule has 0 amide bonds. The number of hydrogen-bond acceptors (Lipinski definition) is 7. The first-order chi connectivity index (χ1) is 19.6. The van der Waals surface area contributed by atoms with E-state index in [9.17, 15) is 9.59 Å². The molecule has 8 nitrogen and oxygen atoms in total. The molecule has 0 radical (unpaired) electrons. The molecular weight excluding hydrogens is 532 g/mol. The van der Waals surface area contributed by atoms with Crippen molar-refractivity contribution in [3.63, 3.8) is 0 Å². The van der Waals surface area contributed by atoms with Crippen LogP contribution in [0.2, 0.25) is 0 Å². The van der Waals surface area contributed by atoms with Gasteiger partial charge in [-0.05, 0) is 71.1 Å². The maximum absolute atomic E-state index is 14.3. The summed E-state index contributed by atoms with van der Waals surface area (Å²) in [6.45, 7) is 25.0. The standard InChI is InChI=1S/C34H64N2O6/c1-11-24-40-35-22-20-27(31(3,4)33(35,7)8)26(18-16-14-13-15-17-19-29(37)38)30(39)42-28-21-23-36(41-25-12-2)34(9,10)32(28,5)6/h26-28H,11-25H2,1-10H3,(H,37,38). The van der Waals surface area contributed by atoms with Crippen LogP contribution in [-0.2, 0) is 24.0 Å². The molecule has 8 heteroatoms. The largest absolute Gasteiger partial charge is 0.481 e. The van der Waals surface area contributed by atoms with Crippen LogP contribution in [0.4, 0.5) is 0 Å². The third kappa shape index (κ3) is 8.48. The zero-order valence-electron chi connectivity index (χ0n) is 28.7. The smallest absolute Gasteiger partial charge is 0.309 e. The summed E-state index contributed by atoms with van der Waals surface area (Å²) in [6, 6.07) is 0. The van der Waals surface area contributed by atoms with E-state index in [1.165, 1.54) is 0 Å². The van der Waals surface area contributed by atoms with Crippen LogP contribution in [0.1, 0.15) is 140 Å². The van der Waals surface area contributed by atoms with E-state index in [0.29, 0.717) is 19.6 Å². The first kappa shape index (κ1) is 37.0. The van der Waals surface area contributed by atoms with Gasteiger partial charge in [-0.25, -0.2) is 0 Å². The summed E-state index contributed by atoms with van der Waals surface area (Å²) in [5.41, 5.74) is -1.02. The van der Waals surface area contributed by atoms with Gasteiger partial charge in [0, 0.05) is 42.4 Å². The molecule has 0 spiro atoms. The molecule has 0 saturated carbocycles. The summed E-state index contributed by atoms with van der Waals surface area (Å²) in [4.78, 5) is 37.5. The van der Waals surface area contributed by atoms with Gasteiger partial charge >= 0.3 is 11.9 Å². The van der Waals surface area contributed by atoms with E-state index < -0.39 is 5.97 Å². The molecule has 2 aliphatic heterocycles. The molecule has 0 aromatic rings. The maximum atomic E-state index is 14.3. The Morgan fingerprint density at radius 1 is 0.762 bits per heavy atom. The van der Waals surface area contributed by atoms with Gasteiger partial charge in [0.1, 0.15) is 6.10 Å². The van der Waals surface area contributed by atoms with Crippen molar-refractivity contribution in [2.45, 2.75) is 157 Å². The molecule has 3 unspecified atom stereocenters. The predicted molar refractivity (Wildman–Crippen MR) is 168 cm³/mol. The molecule has 246 valence electrons. The van der Waals surface area contributed by atoms with Gasteiger partial charge in [-0.15, -0.1) is 0 Å². The molecular formula is C34H64N2O6. The maximum Gasteiger partial charge on any atom is 0.309 e. The zero-order valence-corrected chi connectivity index (χ0v) is 28.7. The number of piperidine rings is 2. The first-order valence-corrected chi connectivity index (χ1v) is 16.8. The van der Waals surface area contributed by atoms with Crippen molar-refractivity contribution < 1.29 is 29.1 Å². The highest BCUT2D eigenvalue weighted by Crippen LogP contribution is 2.52. The Morgan fingerprint density at radius 2 is 1.26 bits per heavy atom. The number of carbonyl (C=O) groups excluding carboxylic acids is 1. The summed E-state index contributed by atoms with van der Waals surface area (Å²) in [5, 5.41) is 13.2. The van der Waals surface area contributed by atoms with Gasteiger partial charge in [-0.1, -0.05) is 67.2 Å². The quantitative estimate of drug-likeness (QED) is 0.135. The second-order valence-corrected chi connectivity index (χ2v) is 14.8. The summed E-state index contributed by atoms with van der Waals surface area (Å²) >= 11 is 0. The normalized spacial score (nSPS) is 26.0. The summed E-state index contributed by atoms with van der Waals surface area (Å²) in [6.07, 6.45) is 8.94. The summed E-state index contributed by atoms with van der Waals surface area (Å²) in [5.74, 6) is -0.822. The molecule has 0 aliphatic carbocycles. The molecule has 42 heavy (non-hydrogen) atoms. The number of unbranched alkanes of at least 4 members (excludes halogenated alkanes) is 4. The summed E-state index contributed by atoms with van der Waals surface area (Å²) < 4.78 is 6.55. The number of aliphatic carboxylic acids is 1. The average Bonchev–Trinajstić information content (AvgIpc) is 2.89. The van der Waals surface area contributed by atoms with E-state index in [4.69, 9.17) is 19.5 Å². The number of carboxylic acid groups (broad SMARTS) is 1. The third-order valence-corrected chi connectivity index (χ3v) is 11.2. The lowest BCUT2D eigenvalue weighted by Gasteiger charge is -2.58. The lowest BCUT2D eigenvalue weighted by molar-refractivity contribution is -0.283. The number of hydrogen-bond donors (Lipinski definition) is 1. The van der Waals surface area contributed by atoms with Gasteiger partial charge in [-0.2, -0.15) is 10.1 Å². The molecule has 2 aliphatic rings. The summed E-state index contributed by atoms with van der Waals surface area (Å²) in [7, 11) is 0. The van der Waals surface area contributed by atoms with Crippen LogP contribution in [-0.4, -0.2) is 70.7 Å². The molecule has 3 atom stereocenters. The molecule has 1 N–H and O–H groups in total. The monoisotopic (exact) mass is 596 g/mol. The van der Waals surface area contributed by atoms with Crippen LogP contribution in [0.15, 0.2) is 0 Å². The zero-order chi connectivity index (χ0) is 31.8. The molecule has 2 heterocycles. The Balaban J connectivity index is 2.23. The van der Waals surface area contributed by atoms with E-state index >= 15 is 0 Å². The number of ether oxygens (including phenoxy) is 1.